The van der Waals surface area contributed by atoms with Crippen molar-refractivity contribution in [2.24, 2.45) is 5.84 Å². The second kappa shape index (κ2) is 6.67. The summed E-state index contributed by atoms with van der Waals surface area (Å²) in [6.07, 6.45) is 2.06. The van der Waals surface area contributed by atoms with Gasteiger partial charge in [-0.1, -0.05) is 25.5 Å². The Labute approximate surface area is 121 Å². The highest BCUT2D eigenvalue weighted by Crippen LogP contribution is 2.26. The van der Waals surface area contributed by atoms with E-state index in [2.05, 4.69) is 17.3 Å². The third-order valence-electron chi connectivity index (χ3n) is 2.83. The summed E-state index contributed by atoms with van der Waals surface area (Å²) in [5.41, 5.74) is 3.35. The van der Waals surface area contributed by atoms with Crippen molar-refractivity contribution in [2.45, 2.75) is 19.8 Å². The molecule has 1 aromatic heterocycles. The Hall–Kier alpha value is -2.67. The van der Waals surface area contributed by atoms with Crippen LogP contribution in [0.5, 0.6) is 11.6 Å². The van der Waals surface area contributed by atoms with Gasteiger partial charge in [0.25, 0.3) is 5.69 Å². The zero-order chi connectivity index (χ0) is 15.2. The Kier molecular flexibility index (Phi) is 4.68. The second-order valence-electron chi connectivity index (χ2n) is 4.45. The maximum Gasteiger partial charge on any atom is 0.278 e. The Morgan fingerprint density at radius 1 is 1.33 bits per heavy atom. The number of pyridine rings is 1. The highest BCUT2D eigenvalue weighted by Gasteiger charge is 2.12. The van der Waals surface area contributed by atoms with E-state index in [1.54, 1.807) is 12.1 Å². The molecule has 0 amide bonds. The Morgan fingerprint density at radius 2 is 2.05 bits per heavy atom. The van der Waals surface area contributed by atoms with Gasteiger partial charge in [-0.15, -0.1) is 0 Å². The second-order valence-corrected chi connectivity index (χ2v) is 4.45. The number of nitrogens with two attached hydrogens (primary N) is 1. The van der Waals surface area contributed by atoms with E-state index in [-0.39, 0.29) is 17.4 Å². The van der Waals surface area contributed by atoms with Crippen LogP contribution in [0.2, 0.25) is 0 Å². The average Bonchev–Trinajstić information content (AvgIpc) is 2.49. The number of anilines is 1. The van der Waals surface area contributed by atoms with Gasteiger partial charge in [0.1, 0.15) is 5.75 Å². The smallest absolute Gasteiger partial charge is 0.278 e. The summed E-state index contributed by atoms with van der Waals surface area (Å²) in [7, 11) is 0. The summed E-state index contributed by atoms with van der Waals surface area (Å²) in [5.74, 6) is 6.08. The van der Waals surface area contributed by atoms with Crippen LogP contribution in [-0.2, 0) is 6.42 Å². The fraction of sp³-hybridized carbons (Fsp3) is 0.214. The predicted molar refractivity (Wildman–Crippen MR) is 79.2 cm³/mol. The summed E-state index contributed by atoms with van der Waals surface area (Å²) in [6.45, 7) is 2.11. The molecule has 0 atom stereocenters. The summed E-state index contributed by atoms with van der Waals surface area (Å²) in [4.78, 5) is 14.3. The van der Waals surface area contributed by atoms with E-state index < -0.39 is 4.92 Å². The fourth-order valence-electron chi connectivity index (χ4n) is 1.86. The van der Waals surface area contributed by atoms with Crippen LogP contribution in [0.25, 0.3) is 0 Å². The number of ether oxygens (including phenoxy) is 1. The molecule has 0 bridgehead atoms. The Balaban J connectivity index is 2.21. The van der Waals surface area contributed by atoms with Gasteiger partial charge < -0.3 is 10.2 Å². The van der Waals surface area contributed by atoms with Gasteiger partial charge in [-0.2, -0.15) is 4.98 Å². The van der Waals surface area contributed by atoms with E-state index >= 15 is 0 Å². The SMILES string of the molecule is CCCc1ccc(Oc2cc([N+](=O)[O-])cc(NN)n2)cc1. The first kappa shape index (κ1) is 14.7. The van der Waals surface area contributed by atoms with E-state index in [0.29, 0.717) is 5.75 Å². The van der Waals surface area contributed by atoms with Crippen LogP contribution >= 0.6 is 0 Å². The standard InChI is InChI=1S/C14H16N4O3/c1-2-3-10-4-6-12(7-5-10)21-14-9-11(18(19)20)8-13(16-14)17-15/h4-9H,2-3,15H2,1H3,(H,16,17). The molecular formula is C14H16N4O3. The van der Waals surface area contributed by atoms with Crippen LogP contribution in [0.4, 0.5) is 11.5 Å². The van der Waals surface area contributed by atoms with Gasteiger partial charge in [0.05, 0.1) is 17.1 Å². The van der Waals surface area contributed by atoms with Crippen LogP contribution < -0.4 is 16.0 Å². The molecule has 0 unspecified atom stereocenters. The monoisotopic (exact) mass is 288 g/mol. The highest BCUT2D eigenvalue weighted by atomic mass is 16.6. The number of hydrogen-bond acceptors (Lipinski definition) is 6. The van der Waals surface area contributed by atoms with Crippen molar-refractivity contribution in [1.82, 2.24) is 4.98 Å². The van der Waals surface area contributed by atoms with Gasteiger partial charge in [-0.3, -0.25) is 10.1 Å². The van der Waals surface area contributed by atoms with Crippen LogP contribution in [0.15, 0.2) is 36.4 Å². The lowest BCUT2D eigenvalue weighted by molar-refractivity contribution is -0.384. The minimum Gasteiger partial charge on any atom is -0.439 e. The number of nitrogens with zero attached hydrogens (tertiary/aromatic N) is 2. The van der Waals surface area contributed by atoms with Crippen molar-refractivity contribution in [3.8, 4) is 11.6 Å². The van der Waals surface area contributed by atoms with Crippen LogP contribution in [0, 0.1) is 10.1 Å². The van der Waals surface area contributed by atoms with Crippen molar-refractivity contribution in [3.05, 3.63) is 52.1 Å². The molecule has 1 heterocycles. The van der Waals surface area contributed by atoms with Gasteiger partial charge in [-0.05, 0) is 24.1 Å². The summed E-state index contributed by atoms with van der Waals surface area (Å²) >= 11 is 0. The summed E-state index contributed by atoms with van der Waals surface area (Å²) in [6, 6.07) is 10.0. The number of aromatic nitrogens is 1. The van der Waals surface area contributed by atoms with Crippen molar-refractivity contribution in [2.75, 3.05) is 5.43 Å². The first-order chi connectivity index (χ1) is 10.1. The molecule has 0 aliphatic heterocycles. The minimum atomic E-state index is -0.528. The molecule has 110 valence electrons. The van der Waals surface area contributed by atoms with E-state index in [4.69, 9.17) is 10.6 Å². The number of aryl methyl sites for hydroxylation is 1. The van der Waals surface area contributed by atoms with Crippen LogP contribution in [0.1, 0.15) is 18.9 Å². The van der Waals surface area contributed by atoms with Gasteiger partial charge in [0.15, 0.2) is 5.82 Å². The first-order valence-corrected chi connectivity index (χ1v) is 6.52. The molecule has 0 aliphatic carbocycles. The van der Waals surface area contributed by atoms with Crippen LogP contribution in [0.3, 0.4) is 0 Å². The number of nitrogens with one attached hydrogen (secondary N) is 1. The van der Waals surface area contributed by atoms with Gasteiger partial charge >= 0.3 is 0 Å². The maximum atomic E-state index is 10.8. The quantitative estimate of drug-likeness (QED) is 0.481. The number of rotatable bonds is 6. The molecule has 0 saturated heterocycles. The minimum absolute atomic E-state index is 0.111. The normalized spacial score (nSPS) is 10.2. The number of nitrogen functional groups attached to an aromatic ring is 1. The molecule has 3 N–H and O–H groups in total. The van der Waals surface area contributed by atoms with Crippen molar-refractivity contribution in [3.63, 3.8) is 0 Å². The van der Waals surface area contributed by atoms with Gasteiger partial charge in [0.2, 0.25) is 5.88 Å². The molecular weight excluding hydrogens is 272 g/mol. The van der Waals surface area contributed by atoms with E-state index in [1.165, 1.54) is 17.7 Å². The van der Waals surface area contributed by atoms with E-state index in [9.17, 15) is 10.1 Å². The average molecular weight is 288 g/mol. The fourth-order valence-corrected chi connectivity index (χ4v) is 1.86. The molecule has 21 heavy (non-hydrogen) atoms. The summed E-state index contributed by atoms with van der Waals surface area (Å²) in [5, 5.41) is 10.8. The van der Waals surface area contributed by atoms with Crippen molar-refractivity contribution in [1.29, 1.82) is 0 Å². The van der Waals surface area contributed by atoms with E-state index in [1.807, 2.05) is 12.1 Å². The number of nitro groups is 1. The molecule has 2 rings (SSSR count). The highest BCUT2D eigenvalue weighted by molar-refractivity contribution is 5.48. The third kappa shape index (κ3) is 3.90. The lowest BCUT2D eigenvalue weighted by Gasteiger charge is -2.07. The molecule has 0 aliphatic rings. The number of benzene rings is 1. The number of hydrazine groups is 1. The molecule has 0 saturated carbocycles. The molecule has 7 heteroatoms. The zero-order valence-electron chi connectivity index (χ0n) is 11.6. The topological polar surface area (TPSA) is 103 Å². The predicted octanol–water partition coefficient (Wildman–Crippen LogP) is 3.02. The molecule has 0 spiro atoms. The summed E-state index contributed by atoms with van der Waals surface area (Å²) < 4.78 is 5.53. The Bertz CT molecular complexity index is 629. The zero-order valence-corrected chi connectivity index (χ0v) is 11.6. The first-order valence-electron chi connectivity index (χ1n) is 6.52. The molecule has 0 radical (unpaired) electrons. The Morgan fingerprint density at radius 3 is 2.62 bits per heavy atom. The maximum absolute atomic E-state index is 10.8. The lowest BCUT2D eigenvalue weighted by atomic mass is 10.1. The van der Waals surface area contributed by atoms with Gasteiger partial charge in [-0.25, -0.2) is 5.84 Å². The third-order valence-corrected chi connectivity index (χ3v) is 2.83. The lowest BCUT2D eigenvalue weighted by Crippen LogP contribution is -2.09. The number of hydrogen-bond donors (Lipinski definition) is 2. The molecule has 0 fully saturated rings. The molecule has 7 nitrogen and oxygen atoms in total. The van der Waals surface area contributed by atoms with E-state index in [0.717, 1.165) is 12.8 Å². The van der Waals surface area contributed by atoms with Crippen molar-refractivity contribution >= 4 is 11.5 Å². The van der Waals surface area contributed by atoms with Crippen LogP contribution in [-0.4, -0.2) is 9.91 Å². The van der Waals surface area contributed by atoms with Gasteiger partial charge in [0, 0.05) is 0 Å². The molecule has 2 aromatic rings. The largest absolute Gasteiger partial charge is 0.439 e. The van der Waals surface area contributed by atoms with Crippen molar-refractivity contribution < 1.29 is 9.66 Å². The molecule has 1 aromatic carbocycles.